The summed E-state index contributed by atoms with van der Waals surface area (Å²) in [5, 5.41) is 8.31. The Morgan fingerprint density at radius 2 is 1.05 bits per heavy atom. The lowest BCUT2D eigenvalue weighted by molar-refractivity contribution is 1.25. The van der Waals surface area contributed by atoms with Gasteiger partial charge in [-0.3, -0.25) is 0 Å². The van der Waals surface area contributed by atoms with Crippen molar-refractivity contribution in [2.75, 3.05) is 0 Å². The summed E-state index contributed by atoms with van der Waals surface area (Å²) in [4.78, 5) is 0. The van der Waals surface area contributed by atoms with Crippen molar-refractivity contribution < 1.29 is 0 Å². The molecule has 2 aromatic rings. The van der Waals surface area contributed by atoms with Gasteiger partial charge in [0.05, 0.1) is 12.4 Å². The Balaban J connectivity index is 2.15. The lowest BCUT2D eigenvalue weighted by Crippen LogP contribution is -1.89. The van der Waals surface area contributed by atoms with Crippen LogP contribution in [0.3, 0.4) is 0 Å². The van der Waals surface area contributed by atoms with Crippen LogP contribution in [0.5, 0.6) is 0 Å². The van der Waals surface area contributed by atoms with Crippen molar-refractivity contribution in [1.82, 2.24) is 0 Å². The van der Waals surface area contributed by atoms with Crippen LogP contribution in [0.1, 0.15) is 33.4 Å². The molecule has 0 fully saturated rings. The van der Waals surface area contributed by atoms with Gasteiger partial charge < -0.3 is 0 Å². The predicted octanol–water partition coefficient (Wildman–Crippen LogP) is 4.37. The van der Waals surface area contributed by atoms with E-state index in [1.54, 1.807) is 0 Å². The predicted molar refractivity (Wildman–Crippen MR) is 87.0 cm³/mol. The fourth-order valence-electron chi connectivity index (χ4n) is 1.99. The molecule has 0 saturated carbocycles. The molecule has 0 heterocycles. The third-order valence-corrected chi connectivity index (χ3v) is 3.33. The zero-order valence-corrected chi connectivity index (χ0v) is 12.5. The molecule has 0 spiro atoms. The van der Waals surface area contributed by atoms with E-state index in [2.05, 4.69) is 74.3 Å². The van der Waals surface area contributed by atoms with Crippen LogP contribution < -0.4 is 0 Å². The third kappa shape index (κ3) is 3.64. The summed E-state index contributed by atoms with van der Waals surface area (Å²) in [7, 11) is 0. The van der Waals surface area contributed by atoms with Gasteiger partial charge in [-0.05, 0) is 49.9 Å². The highest BCUT2D eigenvalue weighted by molar-refractivity contribution is 5.84. The third-order valence-electron chi connectivity index (χ3n) is 3.33. The number of benzene rings is 2. The Labute approximate surface area is 120 Å². The van der Waals surface area contributed by atoms with E-state index in [1.807, 2.05) is 12.4 Å². The van der Waals surface area contributed by atoms with Gasteiger partial charge in [-0.25, -0.2) is 0 Å². The van der Waals surface area contributed by atoms with E-state index >= 15 is 0 Å². The van der Waals surface area contributed by atoms with E-state index in [9.17, 15) is 0 Å². The molecule has 0 aromatic heterocycles. The SMILES string of the molecule is Cc1ccc(C)c(/C=N\N=C\c2cc(C)ccc2C)c1. The summed E-state index contributed by atoms with van der Waals surface area (Å²) < 4.78 is 0. The lowest BCUT2D eigenvalue weighted by atomic mass is 10.1. The summed E-state index contributed by atoms with van der Waals surface area (Å²) in [6, 6.07) is 12.6. The molecule has 20 heavy (non-hydrogen) atoms. The van der Waals surface area contributed by atoms with Crippen molar-refractivity contribution >= 4 is 12.4 Å². The smallest absolute Gasteiger partial charge is 0.0570 e. The normalized spacial score (nSPS) is 11.6. The van der Waals surface area contributed by atoms with Crippen LogP contribution in [0.4, 0.5) is 0 Å². The van der Waals surface area contributed by atoms with Gasteiger partial charge in [-0.2, -0.15) is 10.2 Å². The average molecular weight is 264 g/mol. The van der Waals surface area contributed by atoms with Gasteiger partial charge in [0, 0.05) is 0 Å². The molecule has 2 heteroatoms. The van der Waals surface area contributed by atoms with Crippen LogP contribution in [0.25, 0.3) is 0 Å². The largest absolute Gasteiger partial charge is 0.159 e. The van der Waals surface area contributed by atoms with Crippen molar-refractivity contribution in [1.29, 1.82) is 0 Å². The van der Waals surface area contributed by atoms with Gasteiger partial charge >= 0.3 is 0 Å². The second-order valence-electron chi connectivity index (χ2n) is 5.21. The molecule has 0 bridgehead atoms. The van der Waals surface area contributed by atoms with E-state index in [1.165, 1.54) is 22.3 Å². The van der Waals surface area contributed by atoms with Crippen LogP contribution in [-0.4, -0.2) is 12.4 Å². The van der Waals surface area contributed by atoms with Crippen molar-refractivity contribution in [3.8, 4) is 0 Å². The molecule has 2 nitrogen and oxygen atoms in total. The molecule has 2 aromatic carbocycles. The van der Waals surface area contributed by atoms with Crippen LogP contribution in [-0.2, 0) is 0 Å². The summed E-state index contributed by atoms with van der Waals surface area (Å²) in [6.07, 6.45) is 3.62. The summed E-state index contributed by atoms with van der Waals surface area (Å²) >= 11 is 0. The van der Waals surface area contributed by atoms with Crippen molar-refractivity contribution in [3.63, 3.8) is 0 Å². The number of nitrogens with zero attached hydrogens (tertiary/aromatic N) is 2. The molecule has 0 saturated heterocycles. The first kappa shape index (κ1) is 14.2. The van der Waals surface area contributed by atoms with E-state index in [-0.39, 0.29) is 0 Å². The zero-order chi connectivity index (χ0) is 14.5. The molecule has 0 aliphatic rings. The first-order chi connectivity index (χ1) is 9.56. The standard InChI is InChI=1S/C18H20N2/c1-13-5-7-15(3)17(9-13)11-19-20-12-18-10-14(2)6-8-16(18)4/h5-12H,1-4H3/b19-11-,20-12+. The average Bonchev–Trinajstić information content (AvgIpc) is 2.42. The zero-order valence-electron chi connectivity index (χ0n) is 12.5. The van der Waals surface area contributed by atoms with Gasteiger partial charge in [-0.1, -0.05) is 47.5 Å². The number of rotatable bonds is 3. The van der Waals surface area contributed by atoms with Gasteiger partial charge in [-0.15, -0.1) is 0 Å². The topological polar surface area (TPSA) is 24.7 Å². The molecule has 2 rings (SSSR count). The summed E-state index contributed by atoms with van der Waals surface area (Å²) in [6.45, 7) is 8.32. The maximum Gasteiger partial charge on any atom is 0.0570 e. The maximum absolute atomic E-state index is 4.15. The molecule has 102 valence electrons. The van der Waals surface area contributed by atoms with E-state index in [0.717, 1.165) is 11.1 Å². The number of aryl methyl sites for hydroxylation is 4. The van der Waals surface area contributed by atoms with Gasteiger partial charge in [0.15, 0.2) is 0 Å². The van der Waals surface area contributed by atoms with Gasteiger partial charge in [0.2, 0.25) is 0 Å². The number of hydrogen-bond donors (Lipinski definition) is 0. The minimum Gasteiger partial charge on any atom is -0.159 e. The Hall–Kier alpha value is -2.22. The molecule has 0 aliphatic carbocycles. The van der Waals surface area contributed by atoms with E-state index in [4.69, 9.17) is 0 Å². The lowest BCUT2D eigenvalue weighted by Gasteiger charge is -2.01. The first-order valence-corrected chi connectivity index (χ1v) is 6.77. The quantitative estimate of drug-likeness (QED) is 0.581. The molecule has 0 unspecified atom stereocenters. The molecule has 0 aliphatic heterocycles. The highest BCUT2D eigenvalue weighted by Gasteiger charge is 1.96. The number of hydrogen-bond acceptors (Lipinski definition) is 2. The van der Waals surface area contributed by atoms with Crippen LogP contribution in [0.15, 0.2) is 46.6 Å². The minimum atomic E-state index is 1.11. The molecule has 0 radical (unpaired) electrons. The van der Waals surface area contributed by atoms with Crippen LogP contribution in [0, 0.1) is 27.7 Å². The monoisotopic (exact) mass is 264 g/mol. The molecule has 0 amide bonds. The molecular weight excluding hydrogens is 244 g/mol. The van der Waals surface area contributed by atoms with Crippen LogP contribution in [0.2, 0.25) is 0 Å². The van der Waals surface area contributed by atoms with Gasteiger partial charge in [0.25, 0.3) is 0 Å². The van der Waals surface area contributed by atoms with Crippen molar-refractivity contribution in [3.05, 3.63) is 69.8 Å². The summed E-state index contributed by atoms with van der Waals surface area (Å²) in [5.74, 6) is 0. The highest BCUT2D eigenvalue weighted by atomic mass is 15.2. The fraction of sp³-hybridized carbons (Fsp3) is 0.222. The Bertz CT molecular complexity index is 608. The summed E-state index contributed by atoms with van der Waals surface area (Å²) in [5.41, 5.74) is 7.11. The first-order valence-electron chi connectivity index (χ1n) is 6.77. The van der Waals surface area contributed by atoms with Gasteiger partial charge in [0.1, 0.15) is 0 Å². The van der Waals surface area contributed by atoms with Crippen molar-refractivity contribution in [2.45, 2.75) is 27.7 Å². The highest BCUT2D eigenvalue weighted by Crippen LogP contribution is 2.09. The van der Waals surface area contributed by atoms with Crippen molar-refractivity contribution in [2.24, 2.45) is 10.2 Å². The Morgan fingerprint density at radius 1 is 0.650 bits per heavy atom. The minimum absolute atomic E-state index is 1.11. The fourth-order valence-corrected chi connectivity index (χ4v) is 1.99. The second-order valence-corrected chi connectivity index (χ2v) is 5.21. The molecule has 0 N–H and O–H groups in total. The Kier molecular flexibility index (Phi) is 4.46. The maximum atomic E-state index is 4.15. The van der Waals surface area contributed by atoms with Crippen LogP contribution >= 0.6 is 0 Å². The molecule has 0 atom stereocenters. The van der Waals surface area contributed by atoms with E-state index < -0.39 is 0 Å². The second kappa shape index (κ2) is 6.29. The van der Waals surface area contributed by atoms with E-state index in [0.29, 0.717) is 0 Å². The Morgan fingerprint density at radius 3 is 1.45 bits per heavy atom. The molecular formula is C18H20N2.